The van der Waals surface area contributed by atoms with Crippen LogP contribution in [-0.2, 0) is 12.6 Å². The second-order valence-corrected chi connectivity index (χ2v) is 5.58. The molecule has 0 bridgehead atoms. The fourth-order valence-corrected chi connectivity index (χ4v) is 2.73. The number of benzene rings is 2. The zero-order chi connectivity index (χ0) is 15.6. The fourth-order valence-electron chi connectivity index (χ4n) is 2.07. The lowest BCUT2D eigenvalue weighted by Crippen LogP contribution is -2.10. The molecule has 0 aromatic heterocycles. The van der Waals surface area contributed by atoms with Crippen LogP contribution in [0.2, 0.25) is 0 Å². The number of rotatable bonds is 3. The summed E-state index contributed by atoms with van der Waals surface area (Å²) in [5.41, 5.74) is 0.567. The molecule has 0 nitrogen and oxygen atoms in total. The van der Waals surface area contributed by atoms with Crippen molar-refractivity contribution in [1.29, 1.82) is 0 Å². The summed E-state index contributed by atoms with van der Waals surface area (Å²) in [4.78, 5) is -0.620. The highest BCUT2D eigenvalue weighted by molar-refractivity contribution is 9.09. The summed E-state index contributed by atoms with van der Waals surface area (Å²) in [6, 6.07) is 10.7. The van der Waals surface area contributed by atoms with Crippen LogP contribution >= 0.6 is 15.9 Å². The van der Waals surface area contributed by atoms with Crippen molar-refractivity contribution in [2.24, 2.45) is 0 Å². The van der Waals surface area contributed by atoms with Crippen LogP contribution in [0.15, 0.2) is 42.5 Å². The Labute approximate surface area is 128 Å². The Morgan fingerprint density at radius 1 is 1.05 bits per heavy atom. The van der Waals surface area contributed by atoms with E-state index in [1.54, 1.807) is 12.1 Å². The average Bonchev–Trinajstić information content (AvgIpc) is 2.45. The van der Waals surface area contributed by atoms with Crippen LogP contribution in [0.25, 0.3) is 0 Å². The zero-order valence-corrected chi connectivity index (χ0v) is 12.8. The van der Waals surface area contributed by atoms with Gasteiger partial charge in [-0.25, -0.2) is 4.39 Å². The normalized spacial score (nSPS) is 13.2. The Morgan fingerprint density at radius 3 is 2.19 bits per heavy atom. The van der Waals surface area contributed by atoms with Gasteiger partial charge < -0.3 is 0 Å². The van der Waals surface area contributed by atoms with Gasteiger partial charge in [0.25, 0.3) is 0 Å². The molecule has 2 rings (SSSR count). The molecule has 0 amide bonds. The van der Waals surface area contributed by atoms with Crippen molar-refractivity contribution < 1.29 is 17.6 Å². The lowest BCUT2D eigenvalue weighted by Gasteiger charge is -2.16. The van der Waals surface area contributed by atoms with E-state index in [-0.39, 0.29) is 5.56 Å². The molecule has 0 saturated heterocycles. The maximum Gasteiger partial charge on any atom is 0.419 e. The molecule has 0 N–H and O–H groups in total. The highest BCUT2D eigenvalue weighted by atomic mass is 79.9. The smallest absolute Gasteiger partial charge is 0.206 e. The van der Waals surface area contributed by atoms with Gasteiger partial charge in [-0.05, 0) is 23.6 Å². The standard InChI is InChI=1S/C16H13BrF4/c1-2-10-6-8-11(9-7-10)14(17)12-4-3-5-13(15(12)18)16(19,20)21/h3-9,14H,2H2,1H3. The Morgan fingerprint density at radius 2 is 1.67 bits per heavy atom. The minimum absolute atomic E-state index is 0.0194. The maximum atomic E-state index is 14.1. The van der Waals surface area contributed by atoms with Gasteiger partial charge in [0.05, 0.1) is 10.4 Å². The van der Waals surface area contributed by atoms with E-state index in [4.69, 9.17) is 0 Å². The number of aryl methyl sites for hydroxylation is 1. The summed E-state index contributed by atoms with van der Waals surface area (Å²) in [7, 11) is 0. The molecule has 0 fully saturated rings. The molecule has 1 atom stereocenters. The second-order valence-electron chi connectivity index (χ2n) is 4.66. The van der Waals surface area contributed by atoms with E-state index in [0.717, 1.165) is 18.1 Å². The maximum absolute atomic E-state index is 14.1. The fraction of sp³-hybridized carbons (Fsp3) is 0.250. The molecule has 0 spiro atoms. The first kappa shape index (κ1) is 16.0. The van der Waals surface area contributed by atoms with Crippen molar-refractivity contribution in [3.05, 3.63) is 70.5 Å². The van der Waals surface area contributed by atoms with Crippen LogP contribution in [0, 0.1) is 5.82 Å². The number of halogens is 5. The monoisotopic (exact) mass is 360 g/mol. The van der Waals surface area contributed by atoms with Crippen molar-refractivity contribution in [1.82, 2.24) is 0 Å². The van der Waals surface area contributed by atoms with E-state index in [2.05, 4.69) is 15.9 Å². The zero-order valence-electron chi connectivity index (χ0n) is 11.2. The predicted octanol–water partition coefficient (Wildman–Crippen LogP) is 5.89. The van der Waals surface area contributed by atoms with Crippen LogP contribution in [0.4, 0.5) is 17.6 Å². The van der Waals surface area contributed by atoms with Crippen LogP contribution in [0.3, 0.4) is 0 Å². The second kappa shape index (κ2) is 6.18. The highest BCUT2D eigenvalue weighted by Gasteiger charge is 2.35. The Hall–Kier alpha value is -1.36. The predicted molar refractivity (Wildman–Crippen MR) is 78.0 cm³/mol. The van der Waals surface area contributed by atoms with Crippen LogP contribution < -0.4 is 0 Å². The van der Waals surface area contributed by atoms with Gasteiger partial charge in [-0.3, -0.25) is 0 Å². The van der Waals surface area contributed by atoms with Gasteiger partial charge in [-0.1, -0.05) is 59.3 Å². The van der Waals surface area contributed by atoms with Gasteiger partial charge in [-0.2, -0.15) is 13.2 Å². The van der Waals surface area contributed by atoms with Gasteiger partial charge in [0.2, 0.25) is 0 Å². The molecule has 5 heteroatoms. The first-order chi connectivity index (χ1) is 9.84. The summed E-state index contributed by atoms with van der Waals surface area (Å²) in [6.45, 7) is 2.01. The average molecular weight is 361 g/mol. The van der Waals surface area contributed by atoms with Crippen molar-refractivity contribution in [2.75, 3.05) is 0 Å². The van der Waals surface area contributed by atoms with Crippen molar-refractivity contribution in [3.63, 3.8) is 0 Å². The molecule has 0 aliphatic heterocycles. The topological polar surface area (TPSA) is 0 Å². The molecule has 112 valence electrons. The van der Waals surface area contributed by atoms with Gasteiger partial charge in [-0.15, -0.1) is 0 Å². The van der Waals surface area contributed by atoms with Gasteiger partial charge in [0.1, 0.15) is 5.82 Å². The Kier molecular flexibility index (Phi) is 4.71. The molecule has 1 unspecified atom stereocenters. The largest absolute Gasteiger partial charge is 0.419 e. The lowest BCUT2D eigenvalue weighted by molar-refractivity contribution is -0.140. The summed E-state index contributed by atoms with van der Waals surface area (Å²) >= 11 is 3.28. The van der Waals surface area contributed by atoms with Gasteiger partial charge in [0.15, 0.2) is 0 Å². The molecular weight excluding hydrogens is 348 g/mol. The minimum atomic E-state index is -4.70. The third-order valence-electron chi connectivity index (χ3n) is 3.29. The Bertz CT molecular complexity index is 617. The number of alkyl halides is 4. The first-order valence-electron chi connectivity index (χ1n) is 6.43. The van der Waals surface area contributed by atoms with Crippen molar-refractivity contribution in [3.8, 4) is 0 Å². The first-order valence-corrected chi connectivity index (χ1v) is 7.34. The number of hydrogen-bond acceptors (Lipinski definition) is 0. The molecule has 21 heavy (non-hydrogen) atoms. The number of hydrogen-bond donors (Lipinski definition) is 0. The molecule has 2 aromatic carbocycles. The third-order valence-corrected chi connectivity index (χ3v) is 4.31. The van der Waals surface area contributed by atoms with E-state index >= 15 is 0 Å². The quantitative estimate of drug-likeness (QED) is 0.472. The molecule has 0 aliphatic rings. The summed E-state index contributed by atoms with van der Waals surface area (Å²) in [6.07, 6.45) is -3.83. The van der Waals surface area contributed by atoms with E-state index < -0.39 is 22.4 Å². The summed E-state index contributed by atoms with van der Waals surface area (Å²) < 4.78 is 52.3. The molecule has 0 heterocycles. The summed E-state index contributed by atoms with van der Waals surface area (Å²) in [5.74, 6) is -1.23. The Balaban J connectivity index is 2.41. The van der Waals surface area contributed by atoms with E-state index in [0.29, 0.717) is 5.56 Å². The van der Waals surface area contributed by atoms with E-state index in [1.165, 1.54) is 12.1 Å². The van der Waals surface area contributed by atoms with Crippen molar-refractivity contribution in [2.45, 2.75) is 24.3 Å². The highest BCUT2D eigenvalue weighted by Crippen LogP contribution is 2.38. The SMILES string of the molecule is CCc1ccc(C(Br)c2cccc(C(F)(F)F)c2F)cc1. The van der Waals surface area contributed by atoms with E-state index in [1.807, 2.05) is 19.1 Å². The van der Waals surface area contributed by atoms with Crippen molar-refractivity contribution >= 4 is 15.9 Å². The van der Waals surface area contributed by atoms with Gasteiger partial charge in [0, 0.05) is 5.56 Å². The third kappa shape index (κ3) is 3.46. The molecule has 0 radical (unpaired) electrons. The molecular formula is C16H13BrF4. The molecule has 0 saturated carbocycles. The van der Waals surface area contributed by atoms with Crippen LogP contribution in [-0.4, -0.2) is 0 Å². The molecule has 0 aliphatic carbocycles. The molecule has 2 aromatic rings. The van der Waals surface area contributed by atoms with Crippen LogP contribution in [0.5, 0.6) is 0 Å². The summed E-state index contributed by atoms with van der Waals surface area (Å²) in [5, 5.41) is 0. The van der Waals surface area contributed by atoms with Gasteiger partial charge >= 0.3 is 6.18 Å². The lowest BCUT2D eigenvalue weighted by atomic mass is 10.00. The van der Waals surface area contributed by atoms with E-state index in [9.17, 15) is 17.6 Å². The van der Waals surface area contributed by atoms with Crippen LogP contribution in [0.1, 0.15) is 34.0 Å². The minimum Gasteiger partial charge on any atom is -0.206 e.